The van der Waals surface area contributed by atoms with Gasteiger partial charge in [-0.15, -0.1) is 0 Å². The number of carbonyl (C=O) groups excluding carboxylic acids is 1. The molecule has 46 heavy (non-hydrogen) atoms. The largest absolute Gasteiger partial charge is 0.487 e. The standard InChI is InChI=1S/C35H24BrClI2N2O4S/c1-2-44-34(43)29-30(22-6-4-3-5-7-22)40-35-41(31(29)23-10-14-25(37)15-11-23)33(42)28(46-35)18-21-16-26(38)32(27(39)17-21)45-19-20-8-12-24(36)13-9-20/h3-18,31H,2,19H2,1H3/b28-18-/t31-/m0/s1. The Labute approximate surface area is 309 Å². The number of benzene rings is 4. The first-order valence-corrected chi connectivity index (χ1v) is 18.3. The molecule has 1 aliphatic heterocycles. The lowest BCUT2D eigenvalue weighted by Crippen LogP contribution is -2.40. The van der Waals surface area contributed by atoms with Gasteiger partial charge in [-0.25, -0.2) is 9.79 Å². The normalized spacial score (nSPS) is 14.5. The van der Waals surface area contributed by atoms with Crippen LogP contribution in [0.25, 0.3) is 11.8 Å². The van der Waals surface area contributed by atoms with Gasteiger partial charge in [-0.05, 0) is 111 Å². The number of nitrogens with zero attached hydrogens (tertiary/aromatic N) is 2. The minimum absolute atomic E-state index is 0.183. The molecule has 1 atom stereocenters. The Morgan fingerprint density at radius 2 is 1.70 bits per heavy atom. The van der Waals surface area contributed by atoms with Crippen molar-refractivity contribution in [1.29, 1.82) is 0 Å². The van der Waals surface area contributed by atoms with Crippen LogP contribution in [0.5, 0.6) is 5.75 Å². The van der Waals surface area contributed by atoms with Gasteiger partial charge in [0.25, 0.3) is 5.56 Å². The Hall–Kier alpha value is -2.78. The van der Waals surface area contributed by atoms with Crippen LogP contribution < -0.4 is 19.6 Å². The van der Waals surface area contributed by atoms with Crippen LogP contribution in [0.15, 0.2) is 111 Å². The highest BCUT2D eigenvalue weighted by Gasteiger charge is 2.35. The highest BCUT2D eigenvalue weighted by molar-refractivity contribution is 14.1. The molecule has 2 heterocycles. The van der Waals surface area contributed by atoms with Crippen molar-refractivity contribution in [3.05, 3.63) is 155 Å². The topological polar surface area (TPSA) is 69.9 Å². The van der Waals surface area contributed by atoms with Gasteiger partial charge in [-0.1, -0.05) is 93.5 Å². The Balaban J connectivity index is 1.47. The molecule has 0 N–H and O–H groups in total. The van der Waals surface area contributed by atoms with Gasteiger partial charge in [0.2, 0.25) is 0 Å². The van der Waals surface area contributed by atoms with E-state index in [9.17, 15) is 9.59 Å². The molecule has 0 radical (unpaired) electrons. The molecule has 0 saturated heterocycles. The summed E-state index contributed by atoms with van der Waals surface area (Å²) >= 11 is 15.5. The van der Waals surface area contributed by atoms with Gasteiger partial charge in [0.05, 0.1) is 35.6 Å². The summed E-state index contributed by atoms with van der Waals surface area (Å²) in [5.74, 6) is 0.263. The molecular weight excluding hydrogens is 914 g/mol. The SMILES string of the molecule is CCOC(=O)C1=C(c2ccccc2)N=c2s/c(=C\c3cc(I)c(OCc4ccc(Br)cc4)c(I)c3)c(=O)n2[C@H]1c1ccc(Cl)cc1. The lowest BCUT2D eigenvalue weighted by molar-refractivity contribution is -0.138. The van der Waals surface area contributed by atoms with Crippen molar-refractivity contribution in [3.63, 3.8) is 0 Å². The third kappa shape index (κ3) is 7.05. The highest BCUT2D eigenvalue weighted by atomic mass is 127. The third-order valence-electron chi connectivity index (χ3n) is 7.17. The quantitative estimate of drug-likeness (QED) is 0.117. The molecule has 0 amide bonds. The number of ether oxygens (including phenoxy) is 2. The number of thiazole rings is 1. The van der Waals surface area contributed by atoms with Gasteiger partial charge >= 0.3 is 5.97 Å². The van der Waals surface area contributed by atoms with Crippen molar-refractivity contribution in [2.75, 3.05) is 6.61 Å². The second-order valence-corrected chi connectivity index (χ2v) is 14.9. The molecule has 0 saturated carbocycles. The Morgan fingerprint density at radius 1 is 1.02 bits per heavy atom. The maximum Gasteiger partial charge on any atom is 0.338 e. The van der Waals surface area contributed by atoms with E-state index in [4.69, 9.17) is 26.1 Å². The second kappa shape index (κ2) is 14.5. The molecule has 0 unspecified atom stereocenters. The second-order valence-electron chi connectivity index (χ2n) is 10.2. The number of aromatic nitrogens is 1. The minimum Gasteiger partial charge on any atom is -0.487 e. The fourth-order valence-electron chi connectivity index (χ4n) is 5.09. The molecule has 232 valence electrons. The molecule has 0 bridgehead atoms. The van der Waals surface area contributed by atoms with E-state index in [1.807, 2.05) is 84.9 Å². The van der Waals surface area contributed by atoms with Crippen molar-refractivity contribution >= 4 is 102 Å². The van der Waals surface area contributed by atoms with Crippen LogP contribution in [0.1, 0.15) is 35.2 Å². The summed E-state index contributed by atoms with van der Waals surface area (Å²) < 4.78 is 16.7. The van der Waals surface area contributed by atoms with Gasteiger partial charge in [0.1, 0.15) is 12.4 Å². The summed E-state index contributed by atoms with van der Waals surface area (Å²) in [6, 6.07) is 27.9. The summed E-state index contributed by atoms with van der Waals surface area (Å²) in [7, 11) is 0. The van der Waals surface area contributed by atoms with Crippen LogP contribution >= 0.6 is 84.0 Å². The molecule has 1 aromatic heterocycles. The fourth-order valence-corrected chi connectivity index (χ4v) is 8.61. The van der Waals surface area contributed by atoms with Crippen LogP contribution in [0.2, 0.25) is 5.02 Å². The summed E-state index contributed by atoms with van der Waals surface area (Å²) in [4.78, 5) is 33.2. The Bertz CT molecular complexity index is 2130. The lowest BCUT2D eigenvalue weighted by Gasteiger charge is -2.25. The molecular formula is C35H24BrClI2N2O4S. The number of fused-ring (bicyclic) bond motifs is 1. The molecule has 5 aromatic rings. The summed E-state index contributed by atoms with van der Waals surface area (Å²) in [6.45, 7) is 2.38. The predicted octanol–water partition coefficient (Wildman–Crippen LogP) is 8.14. The van der Waals surface area contributed by atoms with Crippen LogP contribution in [0.4, 0.5) is 0 Å². The molecule has 4 aromatic carbocycles. The predicted molar refractivity (Wildman–Crippen MR) is 203 cm³/mol. The van der Waals surface area contributed by atoms with Crippen LogP contribution in [0, 0.1) is 7.14 Å². The number of esters is 1. The fraction of sp³-hybridized carbons (Fsp3) is 0.114. The third-order valence-corrected chi connectivity index (χ3v) is 10.5. The average molecular weight is 938 g/mol. The zero-order chi connectivity index (χ0) is 32.4. The number of hydrogen-bond donors (Lipinski definition) is 0. The van der Waals surface area contributed by atoms with E-state index < -0.39 is 12.0 Å². The average Bonchev–Trinajstić information content (AvgIpc) is 3.35. The molecule has 6 rings (SSSR count). The summed E-state index contributed by atoms with van der Waals surface area (Å²) in [6.07, 6.45) is 1.86. The molecule has 0 spiro atoms. The number of rotatable bonds is 8. The van der Waals surface area contributed by atoms with Crippen LogP contribution in [-0.4, -0.2) is 17.1 Å². The van der Waals surface area contributed by atoms with E-state index in [0.717, 1.165) is 39.6 Å². The van der Waals surface area contributed by atoms with E-state index in [-0.39, 0.29) is 12.2 Å². The number of carbonyl (C=O) groups is 1. The number of halogens is 4. The van der Waals surface area contributed by atoms with Crippen molar-refractivity contribution in [3.8, 4) is 5.75 Å². The summed E-state index contributed by atoms with van der Waals surface area (Å²) in [5, 5.41) is 0.551. The van der Waals surface area contributed by atoms with Crippen molar-refractivity contribution in [2.24, 2.45) is 4.99 Å². The molecule has 1 aliphatic rings. The van der Waals surface area contributed by atoms with E-state index in [1.54, 1.807) is 23.6 Å². The molecule has 0 fully saturated rings. The van der Waals surface area contributed by atoms with Gasteiger partial charge < -0.3 is 9.47 Å². The first-order chi connectivity index (χ1) is 22.2. The summed E-state index contributed by atoms with van der Waals surface area (Å²) in [5.41, 5.74) is 3.91. The smallest absolute Gasteiger partial charge is 0.338 e. The maximum atomic E-state index is 14.2. The van der Waals surface area contributed by atoms with Crippen molar-refractivity contribution < 1.29 is 14.3 Å². The van der Waals surface area contributed by atoms with Crippen molar-refractivity contribution in [2.45, 2.75) is 19.6 Å². The lowest BCUT2D eigenvalue weighted by atomic mass is 9.93. The Morgan fingerprint density at radius 3 is 2.35 bits per heavy atom. The Kier molecular flexibility index (Phi) is 10.5. The molecule has 6 nitrogen and oxygen atoms in total. The van der Waals surface area contributed by atoms with Gasteiger partial charge in [0.15, 0.2) is 4.80 Å². The van der Waals surface area contributed by atoms with Crippen LogP contribution in [0.3, 0.4) is 0 Å². The van der Waals surface area contributed by atoms with E-state index in [2.05, 4.69) is 61.1 Å². The van der Waals surface area contributed by atoms with Gasteiger partial charge in [0, 0.05) is 15.1 Å². The first-order valence-electron chi connectivity index (χ1n) is 14.1. The molecule has 11 heteroatoms. The van der Waals surface area contributed by atoms with Gasteiger partial charge in [-0.2, -0.15) is 0 Å². The van der Waals surface area contributed by atoms with Crippen molar-refractivity contribution in [1.82, 2.24) is 4.57 Å². The maximum absolute atomic E-state index is 14.2. The van der Waals surface area contributed by atoms with E-state index in [0.29, 0.717) is 32.2 Å². The monoisotopic (exact) mass is 936 g/mol. The first kappa shape index (κ1) is 33.1. The van der Waals surface area contributed by atoms with E-state index >= 15 is 0 Å². The number of hydrogen-bond acceptors (Lipinski definition) is 6. The zero-order valence-corrected chi connectivity index (χ0v) is 31.7. The van der Waals surface area contributed by atoms with E-state index in [1.165, 1.54) is 11.3 Å². The minimum atomic E-state index is -0.764. The molecule has 0 aliphatic carbocycles. The highest BCUT2D eigenvalue weighted by Crippen LogP contribution is 2.36. The van der Waals surface area contributed by atoms with Crippen LogP contribution in [-0.2, 0) is 16.1 Å². The zero-order valence-electron chi connectivity index (χ0n) is 24.2. The van der Waals surface area contributed by atoms with Gasteiger partial charge in [-0.3, -0.25) is 9.36 Å².